The number of nitrogens with one attached hydrogen (secondary N) is 1. The minimum Gasteiger partial charge on any atom is -0.508 e. The van der Waals surface area contributed by atoms with Crippen molar-refractivity contribution < 1.29 is 19.4 Å². The van der Waals surface area contributed by atoms with Crippen molar-refractivity contribution in [2.45, 2.75) is 64.3 Å². The van der Waals surface area contributed by atoms with Gasteiger partial charge < -0.3 is 15.2 Å². The lowest BCUT2D eigenvalue weighted by atomic mass is 9.85. The van der Waals surface area contributed by atoms with E-state index in [-0.39, 0.29) is 24.3 Å². The normalized spacial score (nSPS) is 14.7. The Hall–Kier alpha value is -4.59. The largest absolute Gasteiger partial charge is 0.508 e. The highest BCUT2D eigenvalue weighted by Crippen LogP contribution is 2.38. The number of phenols is 1. The lowest BCUT2D eigenvalue weighted by Crippen LogP contribution is -2.34. The van der Waals surface area contributed by atoms with Crippen LogP contribution in [0.5, 0.6) is 5.75 Å². The Bertz CT molecular complexity index is 1750. The van der Waals surface area contributed by atoms with Crippen LogP contribution in [0.3, 0.4) is 0 Å². The minimum atomic E-state index is -0.480. The summed E-state index contributed by atoms with van der Waals surface area (Å²) in [5.41, 5.74) is 5.10. The zero-order valence-corrected chi connectivity index (χ0v) is 24.0. The highest BCUT2D eigenvalue weighted by molar-refractivity contribution is 5.99. The molecule has 3 aromatic carbocycles. The van der Waals surface area contributed by atoms with Gasteiger partial charge in [-0.15, -0.1) is 0 Å². The van der Waals surface area contributed by atoms with E-state index >= 15 is 0 Å². The molecule has 1 fully saturated rings. The van der Waals surface area contributed by atoms with Crippen molar-refractivity contribution in [3.8, 4) is 11.4 Å². The van der Waals surface area contributed by atoms with Crippen molar-refractivity contribution in [3.63, 3.8) is 0 Å². The Morgan fingerprint density at radius 2 is 1.81 bits per heavy atom. The summed E-state index contributed by atoms with van der Waals surface area (Å²) < 4.78 is 8.72. The number of aromatic nitrogens is 3. The summed E-state index contributed by atoms with van der Waals surface area (Å²) in [6, 6.07) is 20.7. The number of phenolic OH excluding ortho intramolecular Hbond substituents is 1. The molecule has 0 bridgehead atoms. The number of hydrogen-bond donors (Lipinski definition) is 2. The van der Waals surface area contributed by atoms with Crippen LogP contribution >= 0.6 is 0 Å². The molecule has 2 heterocycles. The van der Waals surface area contributed by atoms with Gasteiger partial charge in [0.1, 0.15) is 5.75 Å². The lowest BCUT2D eigenvalue weighted by Gasteiger charge is -2.23. The van der Waals surface area contributed by atoms with Gasteiger partial charge in [0.05, 0.1) is 29.0 Å². The third kappa shape index (κ3) is 5.36. The number of fused-ring (bicyclic) bond motifs is 2. The van der Waals surface area contributed by atoms with Gasteiger partial charge in [-0.25, -0.2) is 9.48 Å². The van der Waals surface area contributed by atoms with Crippen molar-refractivity contribution in [3.05, 3.63) is 89.7 Å². The van der Waals surface area contributed by atoms with Gasteiger partial charge in [0.15, 0.2) is 0 Å². The molecule has 0 spiro atoms. The van der Waals surface area contributed by atoms with Gasteiger partial charge >= 0.3 is 6.09 Å². The Kier molecular flexibility index (Phi) is 7.69. The molecule has 0 aliphatic heterocycles. The third-order valence-corrected chi connectivity index (χ3v) is 8.20. The van der Waals surface area contributed by atoms with Crippen LogP contribution in [0, 0.1) is 0 Å². The molecule has 0 unspecified atom stereocenters. The van der Waals surface area contributed by atoms with Crippen molar-refractivity contribution in [1.82, 2.24) is 19.7 Å². The van der Waals surface area contributed by atoms with E-state index in [1.54, 1.807) is 31.3 Å². The smallest absolute Gasteiger partial charge is 0.418 e. The van der Waals surface area contributed by atoms with Gasteiger partial charge in [-0.1, -0.05) is 43.5 Å². The first-order valence-corrected chi connectivity index (χ1v) is 14.8. The van der Waals surface area contributed by atoms with Gasteiger partial charge in [0.25, 0.3) is 5.91 Å². The Labute approximate surface area is 244 Å². The first-order chi connectivity index (χ1) is 20.4. The number of para-hydroxylation sites is 1. The van der Waals surface area contributed by atoms with Crippen molar-refractivity contribution >= 4 is 33.8 Å². The minimum absolute atomic E-state index is 0.109. The number of ether oxygens (including phenoxy) is 1. The predicted octanol–water partition coefficient (Wildman–Crippen LogP) is 7.10. The Morgan fingerprint density at radius 1 is 1.02 bits per heavy atom. The Balaban J connectivity index is 1.26. The second-order valence-electron chi connectivity index (χ2n) is 11.2. The van der Waals surface area contributed by atoms with Crippen LogP contribution < -0.4 is 5.32 Å². The molecule has 8 nitrogen and oxygen atoms in total. The first kappa shape index (κ1) is 27.6. The summed E-state index contributed by atoms with van der Waals surface area (Å²) in [7, 11) is 0. The van der Waals surface area contributed by atoms with E-state index in [9.17, 15) is 14.7 Å². The lowest BCUT2D eigenvalue weighted by molar-refractivity contribution is 0.0940. The van der Waals surface area contributed by atoms with Gasteiger partial charge in [-0.3, -0.25) is 9.36 Å². The number of amides is 1. The molecule has 5 aromatic rings. The van der Waals surface area contributed by atoms with Crippen LogP contribution in [0.4, 0.5) is 4.79 Å². The molecule has 0 saturated heterocycles. The van der Waals surface area contributed by atoms with Crippen LogP contribution in [0.2, 0.25) is 0 Å². The average molecular weight is 565 g/mol. The Morgan fingerprint density at radius 3 is 2.57 bits per heavy atom. The van der Waals surface area contributed by atoms with Crippen LogP contribution in [-0.2, 0) is 11.2 Å². The van der Waals surface area contributed by atoms with Gasteiger partial charge in [-0.05, 0) is 81.1 Å². The second kappa shape index (κ2) is 11.7. The molecular weight excluding hydrogens is 528 g/mol. The maximum atomic E-state index is 13.4. The summed E-state index contributed by atoms with van der Waals surface area (Å²) in [6.07, 6.45) is 7.74. The maximum Gasteiger partial charge on any atom is 0.418 e. The van der Waals surface area contributed by atoms with Crippen LogP contribution in [0.1, 0.15) is 73.5 Å². The summed E-state index contributed by atoms with van der Waals surface area (Å²) in [6.45, 7) is 3.95. The number of aromatic hydroxyl groups is 1. The van der Waals surface area contributed by atoms with E-state index in [4.69, 9.17) is 9.84 Å². The summed E-state index contributed by atoms with van der Waals surface area (Å²) in [4.78, 5) is 25.9. The number of rotatable bonds is 7. The van der Waals surface area contributed by atoms with Gasteiger partial charge in [0.2, 0.25) is 0 Å². The SMILES string of the molecule is CCOC(=O)n1cc(C[C@@H](C)NC(=O)c2ccc3c(C4CCCCC4)n(-c4ccccc4)nc3c2)c2cc(O)ccc21. The van der Waals surface area contributed by atoms with Crippen LogP contribution in [-0.4, -0.2) is 44.1 Å². The molecule has 1 saturated carbocycles. The fraction of sp³-hybridized carbons (Fsp3) is 0.324. The molecule has 1 atom stereocenters. The highest BCUT2D eigenvalue weighted by Gasteiger charge is 2.25. The predicted molar refractivity (Wildman–Crippen MR) is 164 cm³/mol. The highest BCUT2D eigenvalue weighted by atomic mass is 16.5. The van der Waals surface area contributed by atoms with E-state index < -0.39 is 6.09 Å². The first-order valence-electron chi connectivity index (χ1n) is 14.8. The average Bonchev–Trinajstić information content (AvgIpc) is 3.56. The zero-order chi connectivity index (χ0) is 29.2. The number of benzene rings is 3. The fourth-order valence-electron chi connectivity index (χ4n) is 6.26. The molecule has 1 aliphatic rings. The summed E-state index contributed by atoms with van der Waals surface area (Å²) in [5.74, 6) is 0.368. The van der Waals surface area contributed by atoms with E-state index in [1.165, 1.54) is 29.5 Å². The van der Waals surface area contributed by atoms with E-state index in [2.05, 4.69) is 22.1 Å². The number of carbonyl (C=O) groups excluding carboxylic acids is 2. The second-order valence-corrected chi connectivity index (χ2v) is 11.2. The van der Waals surface area contributed by atoms with E-state index in [0.717, 1.165) is 40.4 Å². The quantitative estimate of drug-likeness (QED) is 0.220. The van der Waals surface area contributed by atoms with Gasteiger partial charge in [-0.2, -0.15) is 5.10 Å². The molecule has 8 heteroatoms. The topological polar surface area (TPSA) is 98.4 Å². The van der Waals surface area contributed by atoms with Crippen LogP contribution in [0.15, 0.2) is 72.9 Å². The number of hydrogen-bond acceptors (Lipinski definition) is 5. The standard InChI is InChI=1S/C34H36N4O4/c1-3-42-34(41)37-21-25(29-20-27(39)15-17-31(29)37)18-22(2)35-33(40)24-14-16-28-30(19-24)36-38(26-12-8-5-9-13-26)32(28)23-10-6-4-7-11-23/h5,8-9,12-17,19-23,39H,3-4,6-7,10-11,18H2,1-2H3,(H,35,40)/t22-/m1/s1. The van der Waals surface area contributed by atoms with Gasteiger partial charge in [0, 0.05) is 34.5 Å². The molecular formula is C34H36N4O4. The molecule has 1 aliphatic carbocycles. The van der Waals surface area contributed by atoms with Crippen molar-refractivity contribution in [1.29, 1.82) is 0 Å². The third-order valence-electron chi connectivity index (χ3n) is 8.20. The molecule has 6 rings (SSSR count). The summed E-state index contributed by atoms with van der Waals surface area (Å²) >= 11 is 0. The molecule has 1 amide bonds. The van der Waals surface area contributed by atoms with E-state index in [1.807, 2.05) is 43.3 Å². The number of carbonyl (C=O) groups is 2. The summed E-state index contributed by atoms with van der Waals surface area (Å²) in [5, 5.41) is 20.0. The maximum absolute atomic E-state index is 13.4. The molecule has 42 heavy (non-hydrogen) atoms. The van der Waals surface area contributed by atoms with Crippen molar-refractivity contribution in [2.75, 3.05) is 6.61 Å². The molecule has 0 radical (unpaired) electrons. The monoisotopic (exact) mass is 564 g/mol. The van der Waals surface area contributed by atoms with Crippen molar-refractivity contribution in [2.24, 2.45) is 0 Å². The number of nitrogens with zero attached hydrogens (tertiary/aromatic N) is 3. The zero-order valence-electron chi connectivity index (χ0n) is 24.0. The van der Waals surface area contributed by atoms with Crippen LogP contribution in [0.25, 0.3) is 27.5 Å². The molecule has 2 N–H and O–H groups in total. The fourth-order valence-corrected chi connectivity index (χ4v) is 6.26. The molecule has 2 aromatic heterocycles. The van der Waals surface area contributed by atoms with E-state index in [0.29, 0.717) is 23.4 Å². The molecule has 216 valence electrons.